The molecule has 1 aromatic carbocycles. The average Bonchev–Trinajstić information content (AvgIpc) is 3.21. The van der Waals surface area contributed by atoms with Gasteiger partial charge < -0.3 is 20.5 Å². The number of aromatic nitrogens is 2. The summed E-state index contributed by atoms with van der Waals surface area (Å²) in [6.45, 7) is 5.92. The van der Waals surface area contributed by atoms with E-state index < -0.39 is 11.6 Å². The van der Waals surface area contributed by atoms with Crippen molar-refractivity contribution in [3.8, 4) is 11.4 Å². The Morgan fingerprint density at radius 2 is 1.91 bits per heavy atom. The molecule has 3 aromatic rings. The fourth-order valence-electron chi connectivity index (χ4n) is 6.03. The van der Waals surface area contributed by atoms with E-state index in [4.69, 9.17) is 10.7 Å². The molecule has 184 valence electrons. The molecule has 4 N–H and O–H groups in total. The molecule has 3 heterocycles. The number of pyridine rings is 2. The summed E-state index contributed by atoms with van der Waals surface area (Å²) in [4.78, 5) is 30.3. The quantitative estimate of drug-likeness (QED) is 0.407. The van der Waals surface area contributed by atoms with Gasteiger partial charge in [-0.2, -0.15) is 0 Å². The van der Waals surface area contributed by atoms with E-state index in [-0.39, 0.29) is 36.7 Å². The highest BCUT2D eigenvalue weighted by atomic mass is 19.1. The Bertz CT molecular complexity index is 1460. The minimum absolute atomic E-state index is 0.0971. The molecule has 0 spiro atoms. The highest BCUT2D eigenvalue weighted by Crippen LogP contribution is 2.47. The second kappa shape index (κ2) is 8.33. The van der Waals surface area contributed by atoms with Gasteiger partial charge >= 0.3 is 0 Å². The van der Waals surface area contributed by atoms with Crippen LogP contribution in [0.15, 0.2) is 16.9 Å². The highest BCUT2D eigenvalue weighted by molar-refractivity contribution is 5.94. The summed E-state index contributed by atoms with van der Waals surface area (Å²) in [7, 11) is 0. The van der Waals surface area contributed by atoms with Crippen LogP contribution >= 0.6 is 0 Å². The van der Waals surface area contributed by atoms with Gasteiger partial charge in [-0.05, 0) is 60.9 Å². The van der Waals surface area contributed by atoms with Crippen molar-refractivity contribution in [2.45, 2.75) is 71.1 Å². The summed E-state index contributed by atoms with van der Waals surface area (Å²) in [6.07, 6.45) is 0.565. The molecule has 35 heavy (non-hydrogen) atoms. The van der Waals surface area contributed by atoms with Gasteiger partial charge in [-0.25, -0.2) is 9.37 Å². The smallest absolute Gasteiger partial charge is 0.254 e. The molecular weight excluding hydrogens is 449 g/mol. The summed E-state index contributed by atoms with van der Waals surface area (Å²) in [5.41, 5.74) is 11.1. The number of nitrogens with two attached hydrogens (primary N) is 1. The van der Waals surface area contributed by atoms with Gasteiger partial charge in [0.2, 0.25) is 0 Å². The lowest BCUT2D eigenvalue weighted by Gasteiger charge is -2.37. The first-order valence-electron chi connectivity index (χ1n) is 12.3. The third-order valence-corrected chi connectivity index (χ3v) is 7.79. The number of Topliss-reactive ketones (excluding diaryl/α,β-unsaturated/α-hetero) is 1. The van der Waals surface area contributed by atoms with Gasteiger partial charge in [-0.3, -0.25) is 9.59 Å². The molecule has 2 aliphatic carbocycles. The Morgan fingerprint density at radius 3 is 2.63 bits per heavy atom. The van der Waals surface area contributed by atoms with Gasteiger partial charge in [0.1, 0.15) is 11.9 Å². The zero-order valence-corrected chi connectivity index (χ0v) is 20.2. The molecule has 0 bridgehead atoms. The van der Waals surface area contributed by atoms with Crippen molar-refractivity contribution >= 4 is 16.7 Å². The molecule has 2 atom stereocenters. The number of hydrogen-bond acceptors (Lipinski definition) is 6. The van der Waals surface area contributed by atoms with Gasteiger partial charge in [-0.1, -0.05) is 13.8 Å². The van der Waals surface area contributed by atoms with Crippen molar-refractivity contribution in [2.24, 2.45) is 5.73 Å². The van der Waals surface area contributed by atoms with E-state index in [1.54, 1.807) is 17.6 Å². The van der Waals surface area contributed by atoms with Crippen molar-refractivity contribution in [3.05, 3.63) is 61.7 Å². The fraction of sp³-hybridized carbons (Fsp3) is 0.444. The molecule has 7 nitrogen and oxygen atoms in total. The number of nitrogens with zero attached hydrogens (tertiary/aromatic N) is 2. The normalized spacial score (nSPS) is 21.8. The van der Waals surface area contributed by atoms with Gasteiger partial charge in [-0.15, -0.1) is 0 Å². The van der Waals surface area contributed by atoms with Gasteiger partial charge in [0.05, 0.1) is 23.4 Å². The third kappa shape index (κ3) is 3.23. The predicted octanol–water partition coefficient (Wildman–Crippen LogP) is 2.93. The standard InChI is InChI=1S/C25H24FN3O4.C2H6/c1-11-12-4-5-25(27,6-7-30)21-15-10-29-18(22(15)28-17(20(12)21)9-16(11)26)8-14-13(24(29)33)2-3-19(31)23(14)32;1-2/h8-9,23,30,32H,2-7,10,27H2,1H3;1-2H3. The SMILES string of the molecule is CC.Cc1c(F)cc2nc3c(c4c2c1CCC4(N)CCO)Cn1c-3cc2c(c1=O)CCC(=O)C2O. The molecule has 6 rings (SSSR count). The number of ketones is 1. The lowest BCUT2D eigenvalue weighted by molar-refractivity contribution is -0.128. The van der Waals surface area contributed by atoms with Crippen LogP contribution in [-0.4, -0.2) is 32.2 Å². The first kappa shape index (κ1) is 23.8. The summed E-state index contributed by atoms with van der Waals surface area (Å²) >= 11 is 0. The van der Waals surface area contributed by atoms with Crippen molar-refractivity contribution in [1.29, 1.82) is 0 Å². The Balaban J connectivity index is 0.00000124. The number of fused-ring (bicyclic) bond motifs is 5. The van der Waals surface area contributed by atoms with Crippen LogP contribution in [0.25, 0.3) is 22.3 Å². The maximum absolute atomic E-state index is 14.8. The topological polar surface area (TPSA) is 118 Å². The molecule has 2 aromatic heterocycles. The molecule has 1 aliphatic heterocycles. The summed E-state index contributed by atoms with van der Waals surface area (Å²) < 4.78 is 16.4. The van der Waals surface area contributed by atoms with E-state index in [9.17, 15) is 24.2 Å². The zero-order valence-electron chi connectivity index (χ0n) is 20.2. The number of aliphatic hydroxyl groups excluding tert-OH is 2. The van der Waals surface area contributed by atoms with Crippen LogP contribution in [0.1, 0.15) is 72.6 Å². The van der Waals surface area contributed by atoms with Crippen LogP contribution in [-0.2, 0) is 29.7 Å². The maximum Gasteiger partial charge on any atom is 0.254 e. The lowest BCUT2D eigenvalue weighted by atomic mass is 9.72. The number of carbonyl (C=O) groups is 1. The van der Waals surface area contributed by atoms with Gasteiger partial charge in [0.15, 0.2) is 5.78 Å². The zero-order chi connectivity index (χ0) is 25.2. The van der Waals surface area contributed by atoms with Crippen LogP contribution < -0.4 is 11.3 Å². The molecule has 3 aliphatic rings. The molecule has 8 heteroatoms. The lowest BCUT2D eigenvalue weighted by Crippen LogP contribution is -2.42. The Hall–Kier alpha value is -2.94. The van der Waals surface area contributed by atoms with E-state index in [0.29, 0.717) is 59.3 Å². The number of carbonyl (C=O) groups excluding carboxylic acids is 1. The van der Waals surface area contributed by atoms with E-state index >= 15 is 0 Å². The van der Waals surface area contributed by atoms with Crippen LogP contribution in [0.4, 0.5) is 4.39 Å². The van der Waals surface area contributed by atoms with Crippen LogP contribution in [0.2, 0.25) is 0 Å². The largest absolute Gasteiger partial charge is 0.396 e. The van der Waals surface area contributed by atoms with E-state index in [2.05, 4.69) is 0 Å². The van der Waals surface area contributed by atoms with Crippen LogP contribution in [0.3, 0.4) is 0 Å². The van der Waals surface area contributed by atoms with E-state index in [1.807, 2.05) is 13.8 Å². The number of halogens is 1. The highest BCUT2D eigenvalue weighted by Gasteiger charge is 2.41. The number of benzene rings is 1. The molecular formula is C27H30FN3O4. The minimum Gasteiger partial charge on any atom is -0.396 e. The second-order valence-electron chi connectivity index (χ2n) is 9.52. The molecule has 0 saturated heterocycles. The summed E-state index contributed by atoms with van der Waals surface area (Å²) in [6, 6.07) is 3.08. The first-order chi connectivity index (χ1) is 16.7. The number of hydrogen-bond donors (Lipinski definition) is 3. The number of aliphatic hydroxyl groups is 2. The molecule has 0 fully saturated rings. The van der Waals surface area contributed by atoms with Gasteiger partial charge in [0, 0.05) is 41.1 Å². The Kier molecular flexibility index (Phi) is 5.66. The Labute approximate surface area is 202 Å². The fourth-order valence-corrected chi connectivity index (χ4v) is 6.03. The predicted molar refractivity (Wildman–Crippen MR) is 131 cm³/mol. The van der Waals surface area contributed by atoms with Crippen molar-refractivity contribution in [2.75, 3.05) is 6.61 Å². The van der Waals surface area contributed by atoms with E-state index in [1.165, 1.54) is 6.07 Å². The number of aryl methyl sites for hydroxylation is 1. The third-order valence-electron chi connectivity index (χ3n) is 7.79. The van der Waals surface area contributed by atoms with Crippen molar-refractivity contribution in [3.63, 3.8) is 0 Å². The molecule has 0 radical (unpaired) electrons. The van der Waals surface area contributed by atoms with Crippen LogP contribution in [0, 0.1) is 12.7 Å². The molecule has 0 amide bonds. The number of rotatable bonds is 2. The average molecular weight is 480 g/mol. The van der Waals surface area contributed by atoms with Crippen LogP contribution in [0.5, 0.6) is 0 Å². The van der Waals surface area contributed by atoms with Crippen molar-refractivity contribution < 1.29 is 19.4 Å². The second-order valence-corrected chi connectivity index (χ2v) is 9.52. The molecule has 0 saturated carbocycles. The first-order valence-corrected chi connectivity index (χ1v) is 12.3. The monoisotopic (exact) mass is 479 g/mol. The van der Waals surface area contributed by atoms with Gasteiger partial charge in [0.25, 0.3) is 5.56 Å². The van der Waals surface area contributed by atoms with E-state index in [0.717, 1.165) is 22.1 Å². The van der Waals surface area contributed by atoms with Crippen molar-refractivity contribution in [1.82, 2.24) is 9.55 Å². The molecule has 2 unspecified atom stereocenters. The Morgan fingerprint density at radius 1 is 1.17 bits per heavy atom. The maximum atomic E-state index is 14.8. The summed E-state index contributed by atoms with van der Waals surface area (Å²) in [5.74, 6) is -0.651. The minimum atomic E-state index is -1.33. The summed E-state index contributed by atoms with van der Waals surface area (Å²) in [5, 5.41) is 21.1.